The molecule has 1 aromatic carbocycles. The lowest BCUT2D eigenvalue weighted by molar-refractivity contribution is 0.153. The van der Waals surface area contributed by atoms with Crippen LogP contribution in [0.5, 0.6) is 0 Å². The zero-order valence-electron chi connectivity index (χ0n) is 14.2. The van der Waals surface area contributed by atoms with Crippen LogP contribution in [0.1, 0.15) is 58.1 Å². The molecule has 0 bridgehead atoms. The van der Waals surface area contributed by atoms with Gasteiger partial charge >= 0.3 is 0 Å². The number of hydrogen-bond acceptors (Lipinski definition) is 2. The lowest BCUT2D eigenvalue weighted by Gasteiger charge is -2.39. The molecule has 2 rings (SSSR count). The summed E-state index contributed by atoms with van der Waals surface area (Å²) < 4.78 is 0. The van der Waals surface area contributed by atoms with Crippen molar-refractivity contribution in [1.29, 1.82) is 0 Å². The zero-order valence-corrected chi connectivity index (χ0v) is 14.2. The van der Waals surface area contributed by atoms with Gasteiger partial charge in [0.2, 0.25) is 0 Å². The molecule has 0 saturated carbocycles. The SMILES string of the molecule is CCC(CC)C(NC1CCN(C)C(C)C1)c1ccccc1. The van der Waals surface area contributed by atoms with E-state index >= 15 is 0 Å². The first-order valence-corrected chi connectivity index (χ1v) is 8.66. The average molecular weight is 288 g/mol. The van der Waals surface area contributed by atoms with Crippen LogP contribution in [0, 0.1) is 5.92 Å². The van der Waals surface area contributed by atoms with Gasteiger partial charge in [0, 0.05) is 18.1 Å². The highest BCUT2D eigenvalue weighted by Crippen LogP contribution is 2.29. The van der Waals surface area contributed by atoms with E-state index in [0.29, 0.717) is 18.1 Å². The predicted octanol–water partition coefficient (Wildman–Crippen LogP) is 4.24. The average Bonchev–Trinajstić information content (AvgIpc) is 2.52. The predicted molar refractivity (Wildman–Crippen MR) is 91.5 cm³/mol. The fourth-order valence-electron chi connectivity index (χ4n) is 3.62. The molecular weight excluding hydrogens is 256 g/mol. The Labute approximate surface area is 130 Å². The maximum absolute atomic E-state index is 4.00. The van der Waals surface area contributed by atoms with E-state index in [1.807, 2.05) is 0 Å². The highest BCUT2D eigenvalue weighted by Gasteiger charge is 2.27. The number of nitrogens with one attached hydrogen (secondary N) is 1. The molecule has 3 unspecified atom stereocenters. The molecule has 1 heterocycles. The lowest BCUT2D eigenvalue weighted by atomic mass is 9.87. The van der Waals surface area contributed by atoms with Gasteiger partial charge < -0.3 is 10.2 Å². The summed E-state index contributed by atoms with van der Waals surface area (Å²) in [6, 6.07) is 12.9. The molecular formula is C19H32N2. The molecule has 3 atom stereocenters. The second-order valence-corrected chi connectivity index (χ2v) is 6.68. The van der Waals surface area contributed by atoms with Gasteiger partial charge in [-0.15, -0.1) is 0 Å². The lowest BCUT2D eigenvalue weighted by Crippen LogP contribution is -2.47. The number of likely N-dealkylation sites (tertiary alicyclic amines) is 1. The van der Waals surface area contributed by atoms with Crippen LogP contribution in [0.15, 0.2) is 30.3 Å². The van der Waals surface area contributed by atoms with Gasteiger partial charge in [-0.1, -0.05) is 57.0 Å². The maximum atomic E-state index is 4.00. The summed E-state index contributed by atoms with van der Waals surface area (Å²) in [6.07, 6.45) is 5.01. The molecule has 0 aromatic heterocycles. The van der Waals surface area contributed by atoms with E-state index in [1.165, 1.54) is 37.8 Å². The topological polar surface area (TPSA) is 15.3 Å². The summed E-state index contributed by atoms with van der Waals surface area (Å²) in [7, 11) is 2.25. The molecule has 0 spiro atoms. The van der Waals surface area contributed by atoms with Crippen molar-refractivity contribution in [3.05, 3.63) is 35.9 Å². The van der Waals surface area contributed by atoms with E-state index in [-0.39, 0.29) is 0 Å². The van der Waals surface area contributed by atoms with Gasteiger partial charge in [0.05, 0.1) is 0 Å². The van der Waals surface area contributed by atoms with Gasteiger partial charge in [-0.25, -0.2) is 0 Å². The summed E-state index contributed by atoms with van der Waals surface area (Å²) in [4.78, 5) is 2.48. The molecule has 1 N–H and O–H groups in total. The smallest absolute Gasteiger partial charge is 0.0350 e. The van der Waals surface area contributed by atoms with Crippen molar-refractivity contribution in [2.24, 2.45) is 5.92 Å². The van der Waals surface area contributed by atoms with Gasteiger partial charge in [-0.05, 0) is 44.8 Å². The summed E-state index contributed by atoms with van der Waals surface area (Å²) in [6.45, 7) is 8.21. The Morgan fingerprint density at radius 1 is 1.19 bits per heavy atom. The van der Waals surface area contributed by atoms with Gasteiger partial charge in [0.1, 0.15) is 0 Å². The molecule has 1 aliphatic heterocycles. The number of hydrogen-bond donors (Lipinski definition) is 1. The first kappa shape index (κ1) is 16.5. The van der Waals surface area contributed by atoms with E-state index in [9.17, 15) is 0 Å². The first-order chi connectivity index (χ1) is 10.2. The molecule has 1 aliphatic rings. The standard InChI is InChI=1S/C19H32N2/c1-5-16(6-2)19(17-10-8-7-9-11-17)20-18-12-13-21(4)15(3)14-18/h7-11,15-16,18-20H,5-6,12-14H2,1-4H3. The van der Waals surface area contributed by atoms with Gasteiger partial charge in [0.25, 0.3) is 0 Å². The summed E-state index contributed by atoms with van der Waals surface area (Å²) >= 11 is 0. The van der Waals surface area contributed by atoms with Crippen molar-refractivity contribution in [3.63, 3.8) is 0 Å². The second kappa shape index (κ2) is 7.95. The zero-order chi connectivity index (χ0) is 15.2. The van der Waals surface area contributed by atoms with Gasteiger partial charge in [0.15, 0.2) is 0 Å². The highest BCUT2D eigenvalue weighted by atomic mass is 15.1. The van der Waals surface area contributed by atoms with E-state index in [2.05, 4.69) is 68.4 Å². The van der Waals surface area contributed by atoms with Crippen molar-refractivity contribution < 1.29 is 0 Å². The third kappa shape index (κ3) is 4.31. The Balaban J connectivity index is 2.09. The molecule has 2 nitrogen and oxygen atoms in total. The van der Waals surface area contributed by atoms with Gasteiger partial charge in [-0.2, -0.15) is 0 Å². The molecule has 1 aromatic rings. The van der Waals surface area contributed by atoms with Crippen LogP contribution in [0.25, 0.3) is 0 Å². The second-order valence-electron chi connectivity index (χ2n) is 6.68. The quantitative estimate of drug-likeness (QED) is 0.842. The van der Waals surface area contributed by atoms with Crippen molar-refractivity contribution in [1.82, 2.24) is 10.2 Å². The molecule has 118 valence electrons. The molecule has 1 saturated heterocycles. The van der Waals surface area contributed by atoms with Gasteiger partial charge in [-0.3, -0.25) is 0 Å². The fourth-order valence-corrected chi connectivity index (χ4v) is 3.62. The Bertz CT molecular complexity index is 399. The van der Waals surface area contributed by atoms with Crippen molar-refractivity contribution >= 4 is 0 Å². The molecule has 0 aliphatic carbocycles. The van der Waals surface area contributed by atoms with Crippen molar-refractivity contribution in [3.8, 4) is 0 Å². The fraction of sp³-hybridized carbons (Fsp3) is 0.684. The number of rotatable bonds is 6. The summed E-state index contributed by atoms with van der Waals surface area (Å²) in [5.74, 6) is 0.724. The third-order valence-corrected chi connectivity index (χ3v) is 5.30. The molecule has 0 radical (unpaired) electrons. The van der Waals surface area contributed by atoms with E-state index in [0.717, 1.165) is 5.92 Å². The number of nitrogens with zero attached hydrogens (tertiary/aromatic N) is 1. The number of benzene rings is 1. The normalized spacial score (nSPS) is 25.2. The number of piperidine rings is 1. The molecule has 21 heavy (non-hydrogen) atoms. The molecule has 0 amide bonds. The largest absolute Gasteiger partial charge is 0.307 e. The van der Waals surface area contributed by atoms with E-state index in [1.54, 1.807) is 0 Å². The minimum absolute atomic E-state index is 0.502. The minimum atomic E-state index is 0.502. The minimum Gasteiger partial charge on any atom is -0.307 e. The van der Waals surface area contributed by atoms with Crippen LogP contribution in [0.2, 0.25) is 0 Å². The monoisotopic (exact) mass is 288 g/mol. The van der Waals surface area contributed by atoms with E-state index < -0.39 is 0 Å². The molecule has 2 heteroatoms. The van der Waals surface area contributed by atoms with Crippen LogP contribution in [-0.2, 0) is 0 Å². The Morgan fingerprint density at radius 2 is 1.86 bits per heavy atom. The van der Waals surface area contributed by atoms with Crippen molar-refractivity contribution in [2.75, 3.05) is 13.6 Å². The third-order valence-electron chi connectivity index (χ3n) is 5.30. The van der Waals surface area contributed by atoms with Crippen LogP contribution < -0.4 is 5.32 Å². The van der Waals surface area contributed by atoms with Crippen LogP contribution >= 0.6 is 0 Å². The van der Waals surface area contributed by atoms with Crippen molar-refractivity contribution in [2.45, 2.75) is 64.6 Å². The Hall–Kier alpha value is -0.860. The summed E-state index contributed by atoms with van der Waals surface area (Å²) in [5, 5.41) is 4.00. The molecule has 1 fully saturated rings. The Morgan fingerprint density at radius 3 is 2.43 bits per heavy atom. The Kier molecular flexibility index (Phi) is 6.25. The highest BCUT2D eigenvalue weighted by molar-refractivity contribution is 5.20. The van der Waals surface area contributed by atoms with Crippen LogP contribution in [-0.4, -0.2) is 30.6 Å². The first-order valence-electron chi connectivity index (χ1n) is 8.66. The van der Waals surface area contributed by atoms with Crippen LogP contribution in [0.3, 0.4) is 0 Å². The maximum Gasteiger partial charge on any atom is 0.0350 e. The van der Waals surface area contributed by atoms with E-state index in [4.69, 9.17) is 0 Å². The summed E-state index contributed by atoms with van der Waals surface area (Å²) in [5.41, 5.74) is 1.46. The van der Waals surface area contributed by atoms with Crippen LogP contribution in [0.4, 0.5) is 0 Å².